The van der Waals surface area contributed by atoms with Gasteiger partial charge in [0, 0.05) is 19.3 Å². The first kappa shape index (κ1) is 74.0. The molecule has 3 unspecified atom stereocenters. The first-order valence-electron chi connectivity index (χ1n) is 32.2. The van der Waals surface area contributed by atoms with E-state index in [-0.39, 0.29) is 25.9 Å². The Hall–Kier alpha value is -2.04. The number of carbonyl (C=O) groups is 3. The van der Waals surface area contributed by atoms with Crippen molar-refractivity contribution in [2.24, 2.45) is 0 Å². The number of phosphoric acid groups is 1. The molecule has 448 valence electrons. The zero-order valence-electron chi connectivity index (χ0n) is 49.7. The lowest BCUT2D eigenvalue weighted by Gasteiger charge is -2.21. The number of unbranched alkanes of at least 4 members (excludes halogenated alkanes) is 40. The van der Waals surface area contributed by atoms with Crippen molar-refractivity contribution < 1.29 is 52.2 Å². The van der Waals surface area contributed by atoms with E-state index in [1.165, 1.54) is 173 Å². The fourth-order valence-corrected chi connectivity index (χ4v) is 10.2. The lowest BCUT2D eigenvalue weighted by molar-refractivity contribution is -0.161. The van der Waals surface area contributed by atoms with E-state index < -0.39 is 57.8 Å². The third-order valence-electron chi connectivity index (χ3n) is 14.3. The van der Waals surface area contributed by atoms with Gasteiger partial charge in [-0.2, -0.15) is 0 Å². The minimum absolute atomic E-state index is 0.162. The number of hydrogen-bond donors (Lipinski definition) is 2. The van der Waals surface area contributed by atoms with Gasteiger partial charge in [0.1, 0.15) is 12.7 Å². The zero-order chi connectivity index (χ0) is 55.5. The molecule has 0 aromatic carbocycles. The van der Waals surface area contributed by atoms with Crippen molar-refractivity contribution in [3.8, 4) is 0 Å². The second kappa shape index (κ2) is 59.1. The molecule has 0 rings (SSSR count). The Labute approximate surface area is 468 Å². The molecule has 0 spiro atoms. The zero-order valence-corrected chi connectivity index (χ0v) is 50.6. The van der Waals surface area contributed by atoms with E-state index in [0.29, 0.717) is 19.3 Å². The van der Waals surface area contributed by atoms with Crippen molar-refractivity contribution in [3.63, 3.8) is 0 Å². The molecule has 3 atom stereocenters. The number of allylic oxidation sites excluding steroid dienone is 4. The van der Waals surface area contributed by atoms with Crippen LogP contribution in [0.4, 0.5) is 0 Å². The van der Waals surface area contributed by atoms with Gasteiger partial charge < -0.3 is 24.2 Å². The summed E-state index contributed by atoms with van der Waals surface area (Å²) in [4.78, 5) is 48.7. The summed E-state index contributed by atoms with van der Waals surface area (Å²) in [6.45, 7) is 4.69. The highest BCUT2D eigenvalue weighted by Crippen LogP contribution is 2.43. The molecule has 0 heterocycles. The van der Waals surface area contributed by atoms with E-state index >= 15 is 0 Å². The van der Waals surface area contributed by atoms with E-state index in [1.807, 2.05) is 0 Å². The molecule has 0 aliphatic carbocycles. The van der Waals surface area contributed by atoms with Gasteiger partial charge in [0.2, 0.25) is 0 Å². The molecular weight excluding hydrogens is 976 g/mol. The van der Waals surface area contributed by atoms with E-state index in [0.717, 1.165) is 96.3 Å². The fourth-order valence-electron chi connectivity index (χ4n) is 9.41. The van der Waals surface area contributed by atoms with Crippen LogP contribution in [0.15, 0.2) is 24.3 Å². The lowest BCUT2D eigenvalue weighted by Crippen LogP contribution is -2.30. The molecule has 0 aromatic heterocycles. The van der Waals surface area contributed by atoms with Gasteiger partial charge >= 0.3 is 25.7 Å². The van der Waals surface area contributed by atoms with Crippen LogP contribution in [0.1, 0.15) is 329 Å². The van der Waals surface area contributed by atoms with E-state index in [2.05, 4.69) is 45.1 Å². The largest absolute Gasteiger partial charge is 0.472 e. The van der Waals surface area contributed by atoms with Crippen LogP contribution >= 0.6 is 7.82 Å². The molecule has 0 saturated carbocycles. The summed E-state index contributed by atoms with van der Waals surface area (Å²) in [6, 6.07) is 0. The molecule has 0 aliphatic heterocycles. The van der Waals surface area contributed by atoms with Crippen molar-refractivity contribution >= 4 is 25.7 Å². The van der Waals surface area contributed by atoms with Crippen LogP contribution in [0.2, 0.25) is 0 Å². The normalized spacial score (nSPS) is 13.4. The quantitative estimate of drug-likeness (QED) is 0.0197. The fraction of sp³-hybridized carbons (Fsp3) is 0.891. The summed E-state index contributed by atoms with van der Waals surface area (Å²) in [5.74, 6) is -1.45. The van der Waals surface area contributed by atoms with Crippen molar-refractivity contribution in [1.82, 2.24) is 0 Å². The standard InChI is InChI=1S/C64H121O11P/c1-4-7-10-13-16-19-22-25-28-29-30-31-34-35-38-41-44-47-50-53-62(66)71-57-61(75-64(68)55-52-49-46-43-40-37-33-27-24-21-18-15-12-9-6-3)59-73-76(69,70)72-58-60(56-65)74-63(67)54-51-48-45-42-39-36-32-26-23-20-17-14-11-8-5-2/h26-27,32-33,60-61,65H,4-25,28-31,34-59H2,1-3H3,(H,69,70)/b32-26-,33-27-. The molecule has 0 aliphatic rings. The maximum absolute atomic E-state index is 12.9. The van der Waals surface area contributed by atoms with Crippen molar-refractivity contribution in [2.75, 3.05) is 26.4 Å². The third-order valence-corrected chi connectivity index (χ3v) is 15.3. The Balaban J connectivity index is 4.65. The average molecular weight is 1100 g/mol. The molecule has 0 fully saturated rings. The SMILES string of the molecule is CCCCCCCC/C=C\CCCCCCCC(=O)OC(CO)COP(=O)(O)OCC(COC(=O)CCCCCCCCCCCCCCCCCCCCC)OC(=O)CCCCCCC/C=C\CCCCCCCC. The predicted octanol–water partition coefficient (Wildman–Crippen LogP) is 19.4. The highest BCUT2D eigenvalue weighted by molar-refractivity contribution is 7.47. The second-order valence-corrected chi connectivity index (χ2v) is 23.4. The van der Waals surface area contributed by atoms with Gasteiger partial charge in [0.05, 0.1) is 19.8 Å². The summed E-state index contributed by atoms with van der Waals surface area (Å²) < 4.78 is 39.7. The van der Waals surface area contributed by atoms with Crippen LogP contribution in [0.3, 0.4) is 0 Å². The first-order valence-corrected chi connectivity index (χ1v) is 33.7. The first-order chi connectivity index (χ1) is 37.2. The summed E-state index contributed by atoms with van der Waals surface area (Å²) in [7, 11) is -4.75. The highest BCUT2D eigenvalue weighted by atomic mass is 31.2. The number of esters is 3. The Morgan fingerprint density at radius 3 is 0.908 bits per heavy atom. The van der Waals surface area contributed by atoms with Gasteiger partial charge in [-0.05, 0) is 70.6 Å². The topological polar surface area (TPSA) is 155 Å². The van der Waals surface area contributed by atoms with E-state index in [4.69, 9.17) is 23.3 Å². The minimum Gasteiger partial charge on any atom is -0.462 e. The van der Waals surface area contributed by atoms with Crippen molar-refractivity contribution in [2.45, 2.75) is 341 Å². The van der Waals surface area contributed by atoms with Gasteiger partial charge in [-0.15, -0.1) is 0 Å². The number of ether oxygens (including phenoxy) is 3. The molecule has 0 aromatic rings. The number of aliphatic hydroxyl groups is 1. The Bertz CT molecular complexity index is 1370. The maximum Gasteiger partial charge on any atom is 0.472 e. The van der Waals surface area contributed by atoms with Crippen LogP contribution in [0, 0.1) is 0 Å². The predicted molar refractivity (Wildman–Crippen MR) is 316 cm³/mol. The molecular formula is C64H121O11P. The molecule has 2 N–H and O–H groups in total. The molecule has 11 nitrogen and oxygen atoms in total. The Morgan fingerprint density at radius 2 is 0.605 bits per heavy atom. The Morgan fingerprint density at radius 1 is 0.355 bits per heavy atom. The molecule has 0 bridgehead atoms. The monoisotopic (exact) mass is 1100 g/mol. The van der Waals surface area contributed by atoms with Crippen molar-refractivity contribution in [3.05, 3.63) is 24.3 Å². The van der Waals surface area contributed by atoms with Gasteiger partial charge in [0.25, 0.3) is 0 Å². The van der Waals surface area contributed by atoms with Gasteiger partial charge in [-0.25, -0.2) is 4.57 Å². The number of carbonyl (C=O) groups excluding carboxylic acids is 3. The van der Waals surface area contributed by atoms with Crippen LogP contribution in [-0.4, -0.2) is 66.5 Å². The van der Waals surface area contributed by atoms with Crippen LogP contribution in [0.5, 0.6) is 0 Å². The van der Waals surface area contributed by atoms with E-state index in [1.54, 1.807) is 0 Å². The van der Waals surface area contributed by atoms with Crippen LogP contribution < -0.4 is 0 Å². The summed E-state index contributed by atoms with van der Waals surface area (Å²) >= 11 is 0. The number of aliphatic hydroxyl groups excluding tert-OH is 1. The number of rotatable bonds is 61. The van der Waals surface area contributed by atoms with E-state index in [9.17, 15) is 28.9 Å². The molecule has 0 amide bonds. The number of phosphoric ester groups is 1. The number of hydrogen-bond acceptors (Lipinski definition) is 10. The average Bonchev–Trinajstić information content (AvgIpc) is 3.41. The smallest absolute Gasteiger partial charge is 0.462 e. The lowest BCUT2D eigenvalue weighted by atomic mass is 10.0. The molecule has 0 radical (unpaired) electrons. The highest BCUT2D eigenvalue weighted by Gasteiger charge is 2.28. The minimum atomic E-state index is -4.75. The van der Waals surface area contributed by atoms with Crippen LogP contribution in [-0.2, 0) is 42.2 Å². The Kier molecular flexibility index (Phi) is 57.5. The molecule has 12 heteroatoms. The maximum atomic E-state index is 12.9. The summed E-state index contributed by atoms with van der Waals surface area (Å²) in [5.41, 5.74) is 0. The van der Waals surface area contributed by atoms with Gasteiger partial charge in [0.15, 0.2) is 6.10 Å². The molecule has 0 saturated heterocycles. The third kappa shape index (κ3) is 56.7. The van der Waals surface area contributed by atoms with Gasteiger partial charge in [-0.3, -0.25) is 23.4 Å². The van der Waals surface area contributed by atoms with Crippen molar-refractivity contribution in [1.29, 1.82) is 0 Å². The summed E-state index contributed by atoms with van der Waals surface area (Å²) in [5, 5.41) is 9.84. The van der Waals surface area contributed by atoms with Crippen LogP contribution in [0.25, 0.3) is 0 Å². The van der Waals surface area contributed by atoms with Gasteiger partial charge in [-0.1, -0.05) is 263 Å². The summed E-state index contributed by atoms with van der Waals surface area (Å²) in [6.07, 6.45) is 61.3. The molecule has 76 heavy (non-hydrogen) atoms. The second-order valence-electron chi connectivity index (χ2n) is 21.9.